The van der Waals surface area contributed by atoms with E-state index in [1.807, 2.05) is 11.0 Å². The molecule has 2 N–H and O–H groups in total. The molecule has 0 spiro atoms. The Morgan fingerprint density at radius 2 is 2.37 bits per heavy atom. The van der Waals surface area contributed by atoms with Crippen molar-refractivity contribution in [1.82, 2.24) is 15.1 Å². The molecule has 19 heavy (non-hydrogen) atoms. The van der Waals surface area contributed by atoms with Crippen LogP contribution in [0.2, 0.25) is 0 Å². The highest BCUT2D eigenvalue weighted by Crippen LogP contribution is 2.24. The number of nitrogens with zero attached hydrogens (tertiary/aromatic N) is 3. The first-order valence-corrected chi connectivity index (χ1v) is 6.78. The fraction of sp³-hybridized carbons (Fsp3) is 0.500. The van der Waals surface area contributed by atoms with E-state index in [0.717, 1.165) is 37.1 Å². The second-order valence-electron chi connectivity index (χ2n) is 5.28. The van der Waals surface area contributed by atoms with Gasteiger partial charge in [-0.3, -0.25) is 4.79 Å². The van der Waals surface area contributed by atoms with E-state index in [4.69, 9.17) is 5.73 Å². The number of amides is 1. The molecule has 1 aromatic rings. The molecule has 5 nitrogen and oxygen atoms in total. The minimum atomic E-state index is 0.234. The van der Waals surface area contributed by atoms with Crippen molar-refractivity contribution in [2.45, 2.75) is 32.2 Å². The second kappa shape index (κ2) is 4.99. The molecule has 1 atom stereocenters. The van der Waals surface area contributed by atoms with Crippen LogP contribution in [0, 0.1) is 5.92 Å². The van der Waals surface area contributed by atoms with Crippen LogP contribution in [-0.4, -0.2) is 27.5 Å². The SMILES string of the molecule is Nc1cc2c(nn1)CCN(C(=O)C[C@@H]1C=CCC1)C2. The van der Waals surface area contributed by atoms with E-state index in [-0.39, 0.29) is 5.91 Å². The number of fused-ring (bicyclic) bond motifs is 1. The maximum Gasteiger partial charge on any atom is 0.223 e. The lowest BCUT2D eigenvalue weighted by atomic mass is 10.0. The monoisotopic (exact) mass is 258 g/mol. The molecule has 1 aliphatic heterocycles. The standard InChI is InChI=1S/C14H18N4O/c15-13-8-11-9-18(6-5-12(11)16-17-13)14(19)7-10-3-1-2-4-10/h1,3,8,10H,2,4-7,9H2,(H2,15,17)/t10-/m1/s1. The molecule has 1 aromatic heterocycles. The molecule has 1 aliphatic carbocycles. The summed E-state index contributed by atoms with van der Waals surface area (Å²) in [7, 11) is 0. The van der Waals surface area contributed by atoms with E-state index in [1.54, 1.807) is 0 Å². The second-order valence-corrected chi connectivity index (χ2v) is 5.28. The van der Waals surface area contributed by atoms with Crippen molar-refractivity contribution in [2.24, 2.45) is 5.92 Å². The van der Waals surface area contributed by atoms with Crippen molar-refractivity contribution in [3.05, 3.63) is 29.5 Å². The van der Waals surface area contributed by atoms with E-state index in [9.17, 15) is 4.79 Å². The van der Waals surface area contributed by atoms with Gasteiger partial charge < -0.3 is 10.6 Å². The van der Waals surface area contributed by atoms with Gasteiger partial charge in [0.05, 0.1) is 5.69 Å². The molecule has 0 saturated carbocycles. The van der Waals surface area contributed by atoms with Crippen LogP contribution >= 0.6 is 0 Å². The van der Waals surface area contributed by atoms with Crippen molar-refractivity contribution in [3.8, 4) is 0 Å². The Balaban J connectivity index is 1.67. The lowest BCUT2D eigenvalue weighted by Gasteiger charge is -2.28. The Kier molecular flexibility index (Phi) is 3.19. The van der Waals surface area contributed by atoms with Gasteiger partial charge in [-0.05, 0) is 30.4 Å². The Labute approximate surface area is 112 Å². The average molecular weight is 258 g/mol. The Morgan fingerprint density at radius 1 is 1.47 bits per heavy atom. The molecular weight excluding hydrogens is 240 g/mol. The quantitative estimate of drug-likeness (QED) is 0.812. The van der Waals surface area contributed by atoms with Gasteiger partial charge in [-0.15, -0.1) is 5.10 Å². The summed E-state index contributed by atoms with van der Waals surface area (Å²) < 4.78 is 0. The van der Waals surface area contributed by atoms with Gasteiger partial charge in [0.1, 0.15) is 5.82 Å². The molecule has 0 unspecified atom stereocenters. The van der Waals surface area contributed by atoms with Gasteiger partial charge in [-0.25, -0.2) is 0 Å². The van der Waals surface area contributed by atoms with Crippen LogP contribution in [0.15, 0.2) is 18.2 Å². The van der Waals surface area contributed by atoms with Crippen molar-refractivity contribution in [2.75, 3.05) is 12.3 Å². The van der Waals surface area contributed by atoms with E-state index in [1.165, 1.54) is 0 Å². The van der Waals surface area contributed by atoms with Gasteiger partial charge in [0.2, 0.25) is 5.91 Å². The third-order valence-corrected chi connectivity index (χ3v) is 3.86. The van der Waals surface area contributed by atoms with Gasteiger partial charge in [0, 0.05) is 25.9 Å². The van der Waals surface area contributed by atoms with Crippen LogP contribution < -0.4 is 5.73 Å². The Hall–Kier alpha value is -1.91. The Bertz CT molecular complexity index is 526. The lowest BCUT2D eigenvalue weighted by molar-refractivity contribution is -0.132. The summed E-state index contributed by atoms with van der Waals surface area (Å²) >= 11 is 0. The summed E-state index contributed by atoms with van der Waals surface area (Å²) in [6.45, 7) is 1.35. The lowest BCUT2D eigenvalue weighted by Crippen LogP contribution is -2.37. The summed E-state index contributed by atoms with van der Waals surface area (Å²) in [6.07, 6.45) is 7.94. The molecule has 0 bridgehead atoms. The number of allylic oxidation sites excluding steroid dienone is 2. The predicted octanol–water partition coefficient (Wildman–Crippen LogP) is 1.30. The van der Waals surface area contributed by atoms with E-state index >= 15 is 0 Å². The smallest absolute Gasteiger partial charge is 0.223 e. The first-order chi connectivity index (χ1) is 9.22. The summed E-state index contributed by atoms with van der Waals surface area (Å²) in [4.78, 5) is 14.2. The number of hydrogen-bond donors (Lipinski definition) is 1. The van der Waals surface area contributed by atoms with Gasteiger partial charge in [-0.2, -0.15) is 5.10 Å². The topological polar surface area (TPSA) is 72.1 Å². The molecule has 2 aliphatic rings. The molecule has 0 saturated heterocycles. The van der Waals surface area contributed by atoms with Crippen LogP contribution in [0.3, 0.4) is 0 Å². The number of nitrogens with two attached hydrogens (primary N) is 1. The van der Waals surface area contributed by atoms with Crippen LogP contribution in [0.5, 0.6) is 0 Å². The fourth-order valence-electron chi connectivity index (χ4n) is 2.78. The zero-order valence-corrected chi connectivity index (χ0v) is 10.9. The minimum absolute atomic E-state index is 0.234. The van der Waals surface area contributed by atoms with Gasteiger partial charge in [0.25, 0.3) is 0 Å². The van der Waals surface area contributed by atoms with E-state index < -0.39 is 0 Å². The van der Waals surface area contributed by atoms with Crippen molar-refractivity contribution in [1.29, 1.82) is 0 Å². The number of hydrogen-bond acceptors (Lipinski definition) is 4. The fourth-order valence-corrected chi connectivity index (χ4v) is 2.78. The number of aromatic nitrogens is 2. The zero-order chi connectivity index (χ0) is 13.2. The average Bonchev–Trinajstić information content (AvgIpc) is 2.90. The number of carbonyl (C=O) groups excluding carboxylic acids is 1. The molecule has 5 heteroatoms. The molecule has 0 fully saturated rings. The van der Waals surface area contributed by atoms with Crippen molar-refractivity contribution < 1.29 is 4.79 Å². The minimum Gasteiger partial charge on any atom is -0.382 e. The number of anilines is 1. The number of rotatable bonds is 2. The third-order valence-electron chi connectivity index (χ3n) is 3.86. The summed E-state index contributed by atoms with van der Waals surface area (Å²) in [6, 6.07) is 1.83. The molecule has 100 valence electrons. The van der Waals surface area contributed by atoms with Crippen LogP contribution in [0.4, 0.5) is 5.82 Å². The highest BCUT2D eigenvalue weighted by atomic mass is 16.2. The van der Waals surface area contributed by atoms with Crippen LogP contribution in [-0.2, 0) is 17.8 Å². The zero-order valence-electron chi connectivity index (χ0n) is 10.9. The summed E-state index contributed by atoms with van der Waals surface area (Å²) in [5, 5.41) is 7.95. The normalized spacial score (nSPS) is 21.5. The molecular formula is C14H18N4O. The van der Waals surface area contributed by atoms with Gasteiger partial charge in [0.15, 0.2) is 0 Å². The first kappa shape index (κ1) is 12.1. The predicted molar refractivity (Wildman–Crippen MR) is 72.0 cm³/mol. The number of carbonyl (C=O) groups is 1. The Morgan fingerprint density at radius 3 is 3.16 bits per heavy atom. The molecule has 0 radical (unpaired) electrons. The summed E-state index contributed by atoms with van der Waals surface area (Å²) in [5.41, 5.74) is 7.66. The summed E-state index contributed by atoms with van der Waals surface area (Å²) in [5.74, 6) is 1.08. The third kappa shape index (κ3) is 2.59. The number of nitrogen functional groups attached to an aromatic ring is 1. The molecule has 3 rings (SSSR count). The van der Waals surface area contributed by atoms with Crippen LogP contribution in [0.25, 0.3) is 0 Å². The maximum absolute atomic E-state index is 12.3. The molecule has 1 amide bonds. The van der Waals surface area contributed by atoms with Crippen LogP contribution in [0.1, 0.15) is 30.5 Å². The molecule has 2 heterocycles. The highest BCUT2D eigenvalue weighted by molar-refractivity contribution is 5.77. The van der Waals surface area contributed by atoms with Gasteiger partial charge in [-0.1, -0.05) is 12.2 Å². The molecule has 0 aromatic carbocycles. The van der Waals surface area contributed by atoms with Crippen molar-refractivity contribution >= 4 is 11.7 Å². The largest absolute Gasteiger partial charge is 0.382 e. The highest BCUT2D eigenvalue weighted by Gasteiger charge is 2.24. The van der Waals surface area contributed by atoms with Crippen molar-refractivity contribution in [3.63, 3.8) is 0 Å². The van der Waals surface area contributed by atoms with E-state index in [0.29, 0.717) is 24.7 Å². The van der Waals surface area contributed by atoms with Gasteiger partial charge >= 0.3 is 0 Å². The maximum atomic E-state index is 12.3. The van der Waals surface area contributed by atoms with E-state index in [2.05, 4.69) is 22.3 Å². The first-order valence-electron chi connectivity index (χ1n) is 6.78.